The summed E-state index contributed by atoms with van der Waals surface area (Å²) in [6.07, 6.45) is 2.93. The molecule has 2 aliphatic heterocycles. The zero-order valence-corrected chi connectivity index (χ0v) is 9.86. The van der Waals surface area contributed by atoms with Crippen LogP contribution in [0.3, 0.4) is 0 Å². The van der Waals surface area contributed by atoms with Crippen LogP contribution in [0.4, 0.5) is 0 Å². The lowest BCUT2D eigenvalue weighted by Crippen LogP contribution is -2.29. The van der Waals surface area contributed by atoms with E-state index in [9.17, 15) is 0 Å². The Morgan fingerprint density at radius 1 is 1.44 bits per heavy atom. The molecule has 0 radical (unpaired) electrons. The summed E-state index contributed by atoms with van der Waals surface area (Å²) in [7, 11) is 0. The van der Waals surface area contributed by atoms with Crippen molar-refractivity contribution in [3.05, 3.63) is 24.2 Å². The highest BCUT2D eigenvalue weighted by Gasteiger charge is 2.39. The molecule has 0 spiro atoms. The van der Waals surface area contributed by atoms with Gasteiger partial charge >= 0.3 is 0 Å². The van der Waals surface area contributed by atoms with E-state index < -0.39 is 0 Å². The standard InChI is InChI=1S/C13H20N2O/c1-2-12(13-4-3-5-16-13)15-8-10-6-14-7-11(10)9-15/h3-5,10-12,14H,2,6-9H2,1H3/t10-,11+,12?. The Morgan fingerprint density at radius 3 is 2.75 bits per heavy atom. The van der Waals surface area contributed by atoms with Gasteiger partial charge in [0.2, 0.25) is 0 Å². The molecule has 0 aromatic carbocycles. The topological polar surface area (TPSA) is 28.4 Å². The maximum atomic E-state index is 5.56. The predicted molar refractivity (Wildman–Crippen MR) is 63.2 cm³/mol. The van der Waals surface area contributed by atoms with Gasteiger partial charge in [-0.1, -0.05) is 6.92 Å². The lowest BCUT2D eigenvalue weighted by Gasteiger charge is -2.25. The Bertz CT molecular complexity index is 324. The normalized spacial score (nSPS) is 31.8. The smallest absolute Gasteiger partial charge is 0.120 e. The third-order valence-corrected chi connectivity index (χ3v) is 4.12. The molecular weight excluding hydrogens is 200 g/mol. The molecule has 2 saturated heterocycles. The Labute approximate surface area is 96.8 Å². The van der Waals surface area contributed by atoms with Gasteiger partial charge in [-0.3, -0.25) is 4.90 Å². The van der Waals surface area contributed by atoms with Crippen LogP contribution in [0, 0.1) is 11.8 Å². The highest BCUT2D eigenvalue weighted by Crippen LogP contribution is 2.34. The average Bonchev–Trinajstić information content (AvgIpc) is 2.91. The summed E-state index contributed by atoms with van der Waals surface area (Å²) >= 11 is 0. The van der Waals surface area contributed by atoms with Gasteiger partial charge in [0.1, 0.15) is 5.76 Å². The molecule has 2 fully saturated rings. The minimum Gasteiger partial charge on any atom is -0.468 e. The van der Waals surface area contributed by atoms with Crippen LogP contribution in [-0.2, 0) is 0 Å². The van der Waals surface area contributed by atoms with Gasteiger partial charge in [-0.15, -0.1) is 0 Å². The first kappa shape index (κ1) is 10.4. The molecule has 3 nitrogen and oxygen atoms in total. The van der Waals surface area contributed by atoms with Gasteiger partial charge in [0, 0.05) is 13.1 Å². The first-order chi connectivity index (χ1) is 7.88. The summed E-state index contributed by atoms with van der Waals surface area (Å²) in [6.45, 7) is 7.12. The summed E-state index contributed by atoms with van der Waals surface area (Å²) in [5.41, 5.74) is 0. The Balaban J connectivity index is 1.72. The number of likely N-dealkylation sites (tertiary alicyclic amines) is 1. The second-order valence-corrected chi connectivity index (χ2v) is 5.07. The van der Waals surface area contributed by atoms with E-state index in [0.717, 1.165) is 24.0 Å². The molecule has 1 N–H and O–H groups in total. The van der Waals surface area contributed by atoms with Crippen molar-refractivity contribution in [1.29, 1.82) is 0 Å². The van der Waals surface area contributed by atoms with Crippen LogP contribution in [0.15, 0.2) is 22.8 Å². The first-order valence-corrected chi connectivity index (χ1v) is 6.36. The molecule has 0 amide bonds. The van der Waals surface area contributed by atoms with E-state index in [4.69, 9.17) is 4.42 Å². The number of nitrogens with one attached hydrogen (secondary N) is 1. The maximum absolute atomic E-state index is 5.56. The summed E-state index contributed by atoms with van der Waals surface area (Å²) in [6, 6.07) is 4.59. The number of nitrogens with zero attached hydrogens (tertiary/aromatic N) is 1. The van der Waals surface area contributed by atoms with Crippen LogP contribution in [0.1, 0.15) is 25.1 Å². The number of rotatable bonds is 3. The molecule has 3 heteroatoms. The van der Waals surface area contributed by atoms with E-state index in [2.05, 4.69) is 23.2 Å². The van der Waals surface area contributed by atoms with Crippen molar-refractivity contribution >= 4 is 0 Å². The predicted octanol–water partition coefficient (Wildman–Crippen LogP) is 1.88. The van der Waals surface area contributed by atoms with Crippen LogP contribution in [0.5, 0.6) is 0 Å². The molecule has 3 atom stereocenters. The fourth-order valence-electron chi connectivity index (χ4n) is 3.27. The van der Waals surface area contributed by atoms with E-state index in [1.54, 1.807) is 6.26 Å². The minimum atomic E-state index is 0.487. The largest absolute Gasteiger partial charge is 0.468 e. The Hall–Kier alpha value is -0.800. The second kappa shape index (κ2) is 4.22. The highest BCUT2D eigenvalue weighted by molar-refractivity contribution is 5.06. The van der Waals surface area contributed by atoms with E-state index in [0.29, 0.717) is 6.04 Å². The second-order valence-electron chi connectivity index (χ2n) is 5.07. The zero-order valence-electron chi connectivity index (χ0n) is 9.86. The van der Waals surface area contributed by atoms with Crippen LogP contribution in [-0.4, -0.2) is 31.1 Å². The van der Waals surface area contributed by atoms with E-state index in [-0.39, 0.29) is 0 Å². The van der Waals surface area contributed by atoms with Crippen molar-refractivity contribution in [3.63, 3.8) is 0 Å². The summed E-state index contributed by atoms with van der Waals surface area (Å²) in [4.78, 5) is 2.61. The van der Waals surface area contributed by atoms with Gasteiger partial charge in [-0.05, 0) is 43.5 Å². The number of fused-ring (bicyclic) bond motifs is 1. The number of hydrogen-bond acceptors (Lipinski definition) is 3. The average molecular weight is 220 g/mol. The van der Waals surface area contributed by atoms with Gasteiger partial charge < -0.3 is 9.73 Å². The van der Waals surface area contributed by atoms with Crippen molar-refractivity contribution in [2.75, 3.05) is 26.2 Å². The monoisotopic (exact) mass is 220 g/mol. The van der Waals surface area contributed by atoms with Crippen LogP contribution < -0.4 is 5.32 Å². The quantitative estimate of drug-likeness (QED) is 0.843. The lowest BCUT2D eigenvalue weighted by atomic mass is 10.0. The maximum Gasteiger partial charge on any atom is 0.120 e. The Morgan fingerprint density at radius 2 is 2.19 bits per heavy atom. The molecule has 1 aromatic heterocycles. The third-order valence-electron chi connectivity index (χ3n) is 4.12. The number of furan rings is 1. The van der Waals surface area contributed by atoms with E-state index in [1.807, 2.05) is 6.07 Å². The molecule has 16 heavy (non-hydrogen) atoms. The fraction of sp³-hybridized carbons (Fsp3) is 0.692. The highest BCUT2D eigenvalue weighted by atomic mass is 16.3. The van der Waals surface area contributed by atoms with Crippen LogP contribution in [0.2, 0.25) is 0 Å². The van der Waals surface area contributed by atoms with Crippen molar-refractivity contribution in [3.8, 4) is 0 Å². The molecule has 3 heterocycles. The molecular formula is C13H20N2O. The zero-order chi connectivity index (χ0) is 11.0. The molecule has 3 rings (SSSR count). The molecule has 1 unspecified atom stereocenters. The summed E-state index contributed by atoms with van der Waals surface area (Å²) in [5.74, 6) is 2.86. The van der Waals surface area contributed by atoms with Crippen molar-refractivity contribution in [1.82, 2.24) is 10.2 Å². The fourth-order valence-corrected chi connectivity index (χ4v) is 3.27. The van der Waals surface area contributed by atoms with E-state index >= 15 is 0 Å². The van der Waals surface area contributed by atoms with E-state index in [1.165, 1.54) is 26.2 Å². The van der Waals surface area contributed by atoms with Gasteiger partial charge in [-0.2, -0.15) is 0 Å². The molecule has 2 aliphatic rings. The molecule has 1 aromatic rings. The minimum absolute atomic E-state index is 0.487. The van der Waals surface area contributed by atoms with Crippen molar-refractivity contribution in [2.45, 2.75) is 19.4 Å². The van der Waals surface area contributed by atoms with Crippen LogP contribution >= 0.6 is 0 Å². The molecule has 0 bridgehead atoms. The number of hydrogen-bond donors (Lipinski definition) is 1. The van der Waals surface area contributed by atoms with Crippen molar-refractivity contribution in [2.24, 2.45) is 11.8 Å². The van der Waals surface area contributed by atoms with Gasteiger partial charge in [0.15, 0.2) is 0 Å². The molecule has 0 aliphatic carbocycles. The summed E-state index contributed by atoms with van der Waals surface area (Å²) in [5, 5.41) is 3.49. The first-order valence-electron chi connectivity index (χ1n) is 6.36. The molecule has 88 valence electrons. The Kier molecular flexibility index (Phi) is 2.74. The third kappa shape index (κ3) is 1.68. The summed E-state index contributed by atoms with van der Waals surface area (Å²) < 4.78 is 5.56. The van der Waals surface area contributed by atoms with Gasteiger partial charge in [0.05, 0.1) is 12.3 Å². The van der Waals surface area contributed by atoms with Gasteiger partial charge in [0.25, 0.3) is 0 Å². The lowest BCUT2D eigenvalue weighted by molar-refractivity contribution is 0.196. The van der Waals surface area contributed by atoms with Gasteiger partial charge in [-0.25, -0.2) is 0 Å². The van der Waals surface area contributed by atoms with Crippen LogP contribution in [0.25, 0.3) is 0 Å². The SMILES string of the molecule is CCC(c1ccco1)N1C[C@H]2CNC[C@H]2C1. The molecule has 0 saturated carbocycles. The van der Waals surface area contributed by atoms with Crippen molar-refractivity contribution < 1.29 is 4.42 Å².